The fourth-order valence-electron chi connectivity index (χ4n) is 2.17. The van der Waals surface area contributed by atoms with Crippen LogP contribution in [0.1, 0.15) is 35.5 Å². The highest BCUT2D eigenvalue weighted by Gasteiger charge is 2.26. The maximum atomic E-state index is 11.6. The average molecular weight is 247 g/mol. The van der Waals surface area contributed by atoms with E-state index in [9.17, 15) is 9.90 Å². The molecule has 0 aromatic carbocycles. The lowest BCUT2D eigenvalue weighted by atomic mass is 9.96. The molecule has 1 aromatic heterocycles. The Balaban J connectivity index is 2.33. The van der Waals surface area contributed by atoms with Gasteiger partial charge in [0.1, 0.15) is 0 Å². The van der Waals surface area contributed by atoms with Gasteiger partial charge in [0, 0.05) is 6.20 Å². The van der Waals surface area contributed by atoms with Crippen molar-refractivity contribution in [3.8, 4) is 0 Å². The largest absolute Gasteiger partial charge is 0.465 e. The van der Waals surface area contributed by atoms with E-state index >= 15 is 0 Å². The van der Waals surface area contributed by atoms with Crippen LogP contribution in [0, 0.1) is 5.92 Å². The van der Waals surface area contributed by atoms with Gasteiger partial charge < -0.3 is 9.84 Å². The van der Waals surface area contributed by atoms with Crippen molar-refractivity contribution >= 4 is 12.0 Å². The number of aliphatic hydroxyl groups is 1. The smallest absolute Gasteiger partial charge is 0.338 e. The first-order valence-corrected chi connectivity index (χ1v) is 5.99. The topological polar surface area (TPSA) is 59.4 Å². The quantitative estimate of drug-likeness (QED) is 0.828. The van der Waals surface area contributed by atoms with E-state index in [0.29, 0.717) is 12.0 Å². The Kier molecular flexibility index (Phi) is 3.48. The molecule has 1 heterocycles. The van der Waals surface area contributed by atoms with Crippen molar-refractivity contribution < 1.29 is 14.6 Å². The van der Waals surface area contributed by atoms with Gasteiger partial charge in [0.2, 0.25) is 0 Å². The van der Waals surface area contributed by atoms with E-state index in [1.807, 2.05) is 19.9 Å². The van der Waals surface area contributed by atoms with Crippen LogP contribution >= 0.6 is 0 Å². The molecule has 4 heteroatoms. The minimum absolute atomic E-state index is 0.145. The van der Waals surface area contributed by atoms with Crippen molar-refractivity contribution in [3.05, 3.63) is 34.7 Å². The van der Waals surface area contributed by atoms with Gasteiger partial charge in [-0.3, -0.25) is 4.98 Å². The second-order valence-electron chi connectivity index (χ2n) is 4.80. The summed E-state index contributed by atoms with van der Waals surface area (Å²) in [5, 5.41) is 10.1. The Labute approximate surface area is 106 Å². The van der Waals surface area contributed by atoms with Crippen LogP contribution in [0.5, 0.6) is 0 Å². The van der Waals surface area contributed by atoms with Crippen LogP contribution in [0.4, 0.5) is 0 Å². The molecule has 0 bridgehead atoms. The lowest BCUT2D eigenvalue weighted by Gasteiger charge is -2.15. The molecule has 0 saturated heterocycles. The molecule has 1 aliphatic rings. The minimum Gasteiger partial charge on any atom is -0.465 e. The van der Waals surface area contributed by atoms with Crippen LogP contribution < -0.4 is 0 Å². The molecule has 1 N–H and O–H groups in total. The molecule has 0 fully saturated rings. The van der Waals surface area contributed by atoms with E-state index in [1.165, 1.54) is 7.11 Å². The van der Waals surface area contributed by atoms with E-state index in [-0.39, 0.29) is 11.9 Å². The molecular weight excluding hydrogens is 230 g/mol. The number of esters is 1. The fourth-order valence-corrected chi connectivity index (χ4v) is 2.17. The molecule has 4 nitrogen and oxygen atoms in total. The van der Waals surface area contributed by atoms with E-state index < -0.39 is 6.10 Å². The number of aliphatic hydroxyl groups excluding tert-OH is 1. The van der Waals surface area contributed by atoms with Crippen molar-refractivity contribution in [2.45, 2.75) is 26.4 Å². The molecule has 18 heavy (non-hydrogen) atoms. The van der Waals surface area contributed by atoms with Crippen LogP contribution in [-0.4, -0.2) is 29.3 Å². The lowest BCUT2D eigenvalue weighted by Crippen LogP contribution is -2.18. The Bertz CT molecular complexity index is 506. The van der Waals surface area contributed by atoms with Gasteiger partial charge in [-0.05, 0) is 35.6 Å². The first-order chi connectivity index (χ1) is 8.54. The van der Waals surface area contributed by atoms with E-state index in [4.69, 9.17) is 4.74 Å². The summed E-state index contributed by atoms with van der Waals surface area (Å²) in [6.07, 6.45) is 3.52. The Hall–Kier alpha value is -1.68. The van der Waals surface area contributed by atoms with Crippen LogP contribution in [0.25, 0.3) is 6.08 Å². The molecule has 0 aliphatic heterocycles. The molecule has 1 aromatic rings. The van der Waals surface area contributed by atoms with Crippen molar-refractivity contribution in [2.24, 2.45) is 5.92 Å². The summed E-state index contributed by atoms with van der Waals surface area (Å²) >= 11 is 0. The maximum Gasteiger partial charge on any atom is 0.338 e. The summed E-state index contributed by atoms with van der Waals surface area (Å²) in [6.45, 7) is 3.92. The fraction of sp³-hybridized carbons (Fsp3) is 0.429. The number of rotatable bonds is 3. The van der Waals surface area contributed by atoms with Gasteiger partial charge in [-0.25, -0.2) is 4.79 Å². The number of nitrogens with zero attached hydrogens (tertiary/aromatic N) is 1. The Morgan fingerprint density at radius 1 is 1.50 bits per heavy atom. The number of hydrogen-bond acceptors (Lipinski definition) is 4. The van der Waals surface area contributed by atoms with E-state index in [1.54, 1.807) is 12.3 Å². The molecular formula is C14H17NO3. The molecule has 1 aliphatic carbocycles. The number of hydrogen-bond donors (Lipinski definition) is 1. The monoisotopic (exact) mass is 247 g/mol. The summed E-state index contributed by atoms with van der Waals surface area (Å²) in [5.41, 5.74) is 3.04. The van der Waals surface area contributed by atoms with Gasteiger partial charge >= 0.3 is 5.97 Å². The minimum atomic E-state index is -0.496. The molecule has 1 atom stereocenters. The molecule has 0 saturated carbocycles. The van der Waals surface area contributed by atoms with Crippen LogP contribution in [0.3, 0.4) is 0 Å². The predicted octanol–water partition coefficient (Wildman–Crippen LogP) is 1.82. The van der Waals surface area contributed by atoms with Crippen molar-refractivity contribution in [2.75, 3.05) is 7.11 Å². The lowest BCUT2D eigenvalue weighted by molar-refractivity contribution is 0.0599. The highest BCUT2D eigenvalue weighted by molar-refractivity contribution is 5.92. The summed E-state index contributed by atoms with van der Waals surface area (Å²) in [5.74, 6) is -0.213. The van der Waals surface area contributed by atoms with Gasteiger partial charge in [-0.2, -0.15) is 0 Å². The highest BCUT2D eigenvalue weighted by atomic mass is 16.5. The summed E-state index contributed by atoms with van der Waals surface area (Å²) < 4.78 is 4.75. The number of fused-ring (bicyclic) bond motifs is 1. The first-order valence-electron chi connectivity index (χ1n) is 5.99. The standard InChI is InChI=1S/C14H17NO3/c1-8(2)13(16)9-6-11-10(14(17)18-3)4-5-15-12(11)7-9/h4-5,7-8,13,16H,6H2,1-3H3. The predicted molar refractivity (Wildman–Crippen MR) is 68.1 cm³/mol. The van der Waals surface area contributed by atoms with Crippen molar-refractivity contribution in [3.63, 3.8) is 0 Å². The number of carbonyl (C=O) groups excluding carboxylic acids is 1. The number of carbonyl (C=O) groups is 1. The number of aromatic nitrogens is 1. The summed E-state index contributed by atoms with van der Waals surface area (Å²) in [6, 6.07) is 1.66. The molecule has 1 unspecified atom stereocenters. The number of methoxy groups -OCH3 is 1. The first kappa shape index (κ1) is 12.8. The second kappa shape index (κ2) is 4.90. The molecule has 96 valence electrons. The molecule has 0 spiro atoms. The Morgan fingerprint density at radius 3 is 2.83 bits per heavy atom. The maximum absolute atomic E-state index is 11.6. The number of pyridine rings is 1. The second-order valence-corrected chi connectivity index (χ2v) is 4.80. The van der Waals surface area contributed by atoms with E-state index in [2.05, 4.69) is 4.98 Å². The molecule has 0 amide bonds. The summed E-state index contributed by atoms with van der Waals surface area (Å²) in [4.78, 5) is 15.9. The zero-order chi connectivity index (χ0) is 13.3. The Morgan fingerprint density at radius 2 is 2.22 bits per heavy atom. The van der Waals surface area contributed by atoms with E-state index in [0.717, 1.165) is 16.8 Å². The van der Waals surface area contributed by atoms with Crippen LogP contribution in [0.2, 0.25) is 0 Å². The summed E-state index contributed by atoms with van der Waals surface area (Å²) in [7, 11) is 1.36. The van der Waals surface area contributed by atoms with Crippen LogP contribution in [-0.2, 0) is 11.2 Å². The molecule has 2 rings (SSSR count). The van der Waals surface area contributed by atoms with Crippen molar-refractivity contribution in [1.82, 2.24) is 4.98 Å². The number of ether oxygens (including phenoxy) is 1. The molecule has 0 radical (unpaired) electrons. The highest BCUT2D eigenvalue weighted by Crippen LogP contribution is 2.30. The third-order valence-corrected chi connectivity index (χ3v) is 3.21. The van der Waals surface area contributed by atoms with Gasteiger partial charge in [-0.1, -0.05) is 13.8 Å². The SMILES string of the molecule is COC(=O)c1ccnc2c1CC(C(O)C(C)C)=C2. The zero-order valence-corrected chi connectivity index (χ0v) is 10.8. The zero-order valence-electron chi connectivity index (χ0n) is 10.8. The third-order valence-electron chi connectivity index (χ3n) is 3.21. The van der Waals surface area contributed by atoms with Gasteiger partial charge in [0.15, 0.2) is 0 Å². The van der Waals surface area contributed by atoms with Gasteiger partial charge in [0.25, 0.3) is 0 Å². The van der Waals surface area contributed by atoms with Crippen molar-refractivity contribution in [1.29, 1.82) is 0 Å². The average Bonchev–Trinajstić information content (AvgIpc) is 2.80. The van der Waals surface area contributed by atoms with Gasteiger partial charge in [0.05, 0.1) is 24.5 Å². The third kappa shape index (κ3) is 2.16. The van der Waals surface area contributed by atoms with Crippen LogP contribution in [0.15, 0.2) is 17.8 Å². The van der Waals surface area contributed by atoms with Gasteiger partial charge in [-0.15, -0.1) is 0 Å². The normalized spacial score (nSPS) is 15.3.